The molecule has 0 spiro atoms. The van der Waals surface area contributed by atoms with Crippen LogP contribution >= 0.6 is 0 Å². The molecular weight excluding hydrogens is 199 g/mol. The van der Waals surface area contributed by atoms with Gasteiger partial charge in [-0.1, -0.05) is 6.08 Å². The minimum absolute atomic E-state index is 0.0509. The molecule has 0 aliphatic heterocycles. The second kappa shape index (κ2) is 5.64. The molecule has 0 fully saturated rings. The first kappa shape index (κ1) is 13.0. The van der Waals surface area contributed by atoms with Crippen LogP contribution in [-0.4, -0.2) is 41.8 Å². The van der Waals surface area contributed by atoms with E-state index in [0.717, 1.165) is 4.90 Å². The average Bonchev–Trinajstić information content (AvgIpc) is 1.96. The van der Waals surface area contributed by atoms with Crippen LogP contribution in [0.1, 0.15) is 6.42 Å². The monoisotopic (exact) mass is 211 g/mol. The van der Waals surface area contributed by atoms with Crippen LogP contribution in [0.2, 0.25) is 0 Å². The van der Waals surface area contributed by atoms with Gasteiger partial charge in [0.05, 0.1) is 13.1 Å². The molecule has 0 aromatic carbocycles. The lowest BCUT2D eigenvalue weighted by Gasteiger charge is -2.20. The van der Waals surface area contributed by atoms with Gasteiger partial charge in [0, 0.05) is 6.54 Å². The Labute approximate surface area is 79.8 Å². The lowest BCUT2D eigenvalue weighted by molar-refractivity contribution is -0.153. The van der Waals surface area contributed by atoms with Gasteiger partial charge in [-0.05, 0) is 6.42 Å². The molecule has 14 heavy (non-hydrogen) atoms. The molecule has 1 N–H and O–H groups in total. The van der Waals surface area contributed by atoms with Crippen LogP contribution in [-0.2, 0) is 4.79 Å². The van der Waals surface area contributed by atoms with E-state index in [1.165, 1.54) is 6.08 Å². The molecular formula is C8H12F3NO2. The summed E-state index contributed by atoms with van der Waals surface area (Å²) >= 11 is 0. The molecule has 0 aromatic rings. The SMILES string of the molecule is C=CCCN(CC(=O)O)CC(F)(F)F. The van der Waals surface area contributed by atoms with Gasteiger partial charge < -0.3 is 5.11 Å². The van der Waals surface area contributed by atoms with E-state index in [9.17, 15) is 18.0 Å². The highest BCUT2D eigenvalue weighted by Crippen LogP contribution is 2.16. The predicted molar refractivity (Wildman–Crippen MR) is 44.9 cm³/mol. The van der Waals surface area contributed by atoms with Gasteiger partial charge >= 0.3 is 12.1 Å². The second-order valence-corrected chi connectivity index (χ2v) is 2.80. The number of nitrogens with zero attached hydrogens (tertiary/aromatic N) is 1. The van der Waals surface area contributed by atoms with Gasteiger partial charge in [-0.25, -0.2) is 0 Å². The normalized spacial score (nSPS) is 11.7. The number of carbonyl (C=O) groups is 1. The number of rotatable bonds is 6. The van der Waals surface area contributed by atoms with Gasteiger partial charge in [0.25, 0.3) is 0 Å². The van der Waals surface area contributed by atoms with Crippen molar-refractivity contribution in [2.75, 3.05) is 19.6 Å². The molecule has 0 rings (SSSR count). The zero-order chi connectivity index (χ0) is 11.2. The summed E-state index contributed by atoms with van der Waals surface area (Å²) in [6, 6.07) is 0. The van der Waals surface area contributed by atoms with Crippen molar-refractivity contribution in [3.63, 3.8) is 0 Å². The van der Waals surface area contributed by atoms with E-state index in [1.807, 2.05) is 0 Å². The van der Waals surface area contributed by atoms with Crippen molar-refractivity contribution < 1.29 is 23.1 Å². The third-order valence-electron chi connectivity index (χ3n) is 1.41. The van der Waals surface area contributed by atoms with Crippen LogP contribution in [0.25, 0.3) is 0 Å². The molecule has 0 aliphatic rings. The lowest BCUT2D eigenvalue weighted by atomic mass is 10.3. The number of halogens is 3. The second-order valence-electron chi connectivity index (χ2n) is 2.80. The summed E-state index contributed by atoms with van der Waals surface area (Å²) in [6.45, 7) is 1.60. The molecule has 0 aromatic heterocycles. The fourth-order valence-electron chi connectivity index (χ4n) is 0.933. The van der Waals surface area contributed by atoms with Crippen LogP contribution in [0.3, 0.4) is 0 Å². The first-order chi connectivity index (χ1) is 6.35. The van der Waals surface area contributed by atoms with Crippen molar-refractivity contribution in [3.8, 4) is 0 Å². The maximum absolute atomic E-state index is 11.9. The highest BCUT2D eigenvalue weighted by Gasteiger charge is 2.30. The van der Waals surface area contributed by atoms with Crippen molar-refractivity contribution in [2.24, 2.45) is 0 Å². The van der Waals surface area contributed by atoms with Gasteiger partial charge in [-0.3, -0.25) is 9.69 Å². The van der Waals surface area contributed by atoms with Crippen LogP contribution in [0, 0.1) is 0 Å². The van der Waals surface area contributed by atoms with Crippen LogP contribution in [0.4, 0.5) is 13.2 Å². The Morgan fingerprint density at radius 2 is 2.07 bits per heavy atom. The molecule has 0 radical (unpaired) electrons. The highest BCUT2D eigenvalue weighted by atomic mass is 19.4. The van der Waals surface area contributed by atoms with Gasteiger partial charge in [-0.15, -0.1) is 6.58 Å². The Kier molecular flexibility index (Phi) is 5.22. The number of carboxylic acid groups (broad SMARTS) is 1. The zero-order valence-electron chi connectivity index (χ0n) is 7.55. The van der Waals surface area contributed by atoms with Gasteiger partial charge in [0.2, 0.25) is 0 Å². The number of aliphatic carboxylic acids is 1. The van der Waals surface area contributed by atoms with E-state index in [-0.39, 0.29) is 6.54 Å². The molecule has 82 valence electrons. The lowest BCUT2D eigenvalue weighted by Crippen LogP contribution is -2.38. The summed E-state index contributed by atoms with van der Waals surface area (Å²) in [7, 11) is 0. The van der Waals surface area contributed by atoms with E-state index < -0.39 is 25.2 Å². The highest BCUT2D eigenvalue weighted by molar-refractivity contribution is 5.69. The van der Waals surface area contributed by atoms with Crippen molar-refractivity contribution in [2.45, 2.75) is 12.6 Å². The first-order valence-corrected chi connectivity index (χ1v) is 3.97. The summed E-state index contributed by atoms with van der Waals surface area (Å²) in [4.78, 5) is 11.0. The molecule has 0 bridgehead atoms. The van der Waals surface area contributed by atoms with E-state index in [2.05, 4.69) is 6.58 Å². The fourth-order valence-corrected chi connectivity index (χ4v) is 0.933. The number of alkyl halides is 3. The summed E-state index contributed by atoms with van der Waals surface area (Å²) in [5.74, 6) is -1.27. The van der Waals surface area contributed by atoms with Crippen LogP contribution < -0.4 is 0 Å². The molecule has 0 heterocycles. The Hall–Kier alpha value is -1.04. The summed E-state index contributed by atoms with van der Waals surface area (Å²) in [5, 5.41) is 8.35. The third-order valence-corrected chi connectivity index (χ3v) is 1.41. The molecule has 0 atom stereocenters. The maximum atomic E-state index is 11.9. The predicted octanol–water partition coefficient (Wildman–Crippen LogP) is 1.51. The number of carboxylic acids is 1. The van der Waals surface area contributed by atoms with Crippen molar-refractivity contribution >= 4 is 5.97 Å². The summed E-state index contributed by atoms with van der Waals surface area (Å²) in [6.07, 6.45) is -2.58. The van der Waals surface area contributed by atoms with E-state index >= 15 is 0 Å². The van der Waals surface area contributed by atoms with Gasteiger partial charge in [-0.2, -0.15) is 13.2 Å². The molecule has 3 nitrogen and oxygen atoms in total. The Morgan fingerprint density at radius 1 is 1.50 bits per heavy atom. The minimum Gasteiger partial charge on any atom is -0.480 e. The fraction of sp³-hybridized carbons (Fsp3) is 0.625. The standard InChI is InChI=1S/C8H12F3NO2/c1-2-3-4-12(5-7(13)14)6-8(9,10)11/h2H,1,3-6H2,(H,13,14). The van der Waals surface area contributed by atoms with Crippen molar-refractivity contribution in [1.29, 1.82) is 0 Å². The van der Waals surface area contributed by atoms with Gasteiger partial charge in [0.15, 0.2) is 0 Å². The molecule has 0 unspecified atom stereocenters. The zero-order valence-corrected chi connectivity index (χ0v) is 7.55. The quantitative estimate of drug-likeness (QED) is 0.677. The largest absolute Gasteiger partial charge is 0.480 e. The number of hydrogen-bond acceptors (Lipinski definition) is 2. The van der Waals surface area contributed by atoms with Crippen molar-refractivity contribution in [3.05, 3.63) is 12.7 Å². The molecule has 0 saturated heterocycles. The Balaban J connectivity index is 4.09. The molecule has 0 aliphatic carbocycles. The van der Waals surface area contributed by atoms with E-state index in [1.54, 1.807) is 0 Å². The Morgan fingerprint density at radius 3 is 2.43 bits per heavy atom. The molecule has 6 heteroatoms. The minimum atomic E-state index is -4.36. The smallest absolute Gasteiger partial charge is 0.401 e. The molecule has 0 saturated carbocycles. The topological polar surface area (TPSA) is 40.5 Å². The van der Waals surface area contributed by atoms with Crippen molar-refractivity contribution in [1.82, 2.24) is 4.90 Å². The third kappa shape index (κ3) is 7.60. The molecule has 0 amide bonds. The Bertz CT molecular complexity index is 203. The first-order valence-electron chi connectivity index (χ1n) is 3.97. The summed E-state index contributed by atoms with van der Waals surface area (Å²) in [5.41, 5.74) is 0. The van der Waals surface area contributed by atoms with Crippen LogP contribution in [0.5, 0.6) is 0 Å². The number of hydrogen-bond donors (Lipinski definition) is 1. The van der Waals surface area contributed by atoms with E-state index in [4.69, 9.17) is 5.11 Å². The average molecular weight is 211 g/mol. The van der Waals surface area contributed by atoms with E-state index in [0.29, 0.717) is 6.42 Å². The van der Waals surface area contributed by atoms with Crippen LogP contribution in [0.15, 0.2) is 12.7 Å². The summed E-state index contributed by atoms with van der Waals surface area (Å²) < 4.78 is 35.8. The van der Waals surface area contributed by atoms with Gasteiger partial charge in [0.1, 0.15) is 0 Å². The maximum Gasteiger partial charge on any atom is 0.401 e.